The number of hydrogen-bond acceptors (Lipinski definition) is 4. The number of nitrogens with zero attached hydrogens (tertiary/aromatic N) is 5. The molecular weight excluding hydrogens is 499 g/mol. The van der Waals surface area contributed by atoms with Crippen molar-refractivity contribution in [3.8, 4) is 0 Å². The molecule has 176 valence electrons. The second-order valence-electron chi connectivity index (χ2n) is 8.78. The van der Waals surface area contributed by atoms with Gasteiger partial charge in [-0.25, -0.2) is 0 Å². The molecular formula is C24H43IN6. The number of likely N-dealkylation sites (N-methyl/N-ethyl adjacent to an activating group) is 1. The molecule has 0 unspecified atom stereocenters. The lowest BCUT2D eigenvalue weighted by molar-refractivity contribution is 0.152. The van der Waals surface area contributed by atoms with Gasteiger partial charge in [0.1, 0.15) is 0 Å². The highest BCUT2D eigenvalue weighted by atomic mass is 127. The molecule has 0 bridgehead atoms. The van der Waals surface area contributed by atoms with Crippen molar-refractivity contribution in [1.29, 1.82) is 0 Å². The van der Waals surface area contributed by atoms with Crippen LogP contribution in [0.2, 0.25) is 0 Å². The number of hydrogen-bond donors (Lipinski definition) is 1. The van der Waals surface area contributed by atoms with Crippen molar-refractivity contribution in [2.24, 2.45) is 4.99 Å². The van der Waals surface area contributed by atoms with Crippen LogP contribution in [0.25, 0.3) is 0 Å². The number of nitrogens with one attached hydrogen (secondary N) is 1. The maximum Gasteiger partial charge on any atom is 0.194 e. The lowest BCUT2D eigenvalue weighted by Crippen LogP contribution is -2.52. The minimum absolute atomic E-state index is 0. The standard InChI is InChI=1S/C24H42N6.HI/c1-5-25-24(26-11-6-7-12-28-15-13-27(4)14-16-28)30-19-17-29(18-20-30)23-10-8-9-21(2)22(23)3;/h8-10H,5-7,11-20H2,1-4H3,(H,25,26);1H. The minimum Gasteiger partial charge on any atom is -0.368 e. The Morgan fingerprint density at radius 1 is 0.968 bits per heavy atom. The third kappa shape index (κ3) is 7.79. The molecule has 0 aliphatic carbocycles. The molecule has 2 saturated heterocycles. The molecule has 2 aliphatic rings. The Bertz CT molecular complexity index is 679. The molecule has 0 amide bonds. The van der Waals surface area contributed by atoms with Crippen LogP contribution in [0.3, 0.4) is 0 Å². The van der Waals surface area contributed by atoms with Crippen molar-refractivity contribution >= 4 is 35.6 Å². The summed E-state index contributed by atoms with van der Waals surface area (Å²) in [4.78, 5) is 14.9. The van der Waals surface area contributed by atoms with E-state index in [9.17, 15) is 0 Å². The van der Waals surface area contributed by atoms with Gasteiger partial charge in [-0.1, -0.05) is 12.1 Å². The molecule has 1 N–H and O–H groups in total. The lowest BCUT2D eigenvalue weighted by atomic mass is 10.1. The van der Waals surface area contributed by atoms with Crippen molar-refractivity contribution in [2.75, 3.05) is 83.9 Å². The molecule has 31 heavy (non-hydrogen) atoms. The van der Waals surface area contributed by atoms with E-state index in [2.05, 4.69) is 70.9 Å². The van der Waals surface area contributed by atoms with Crippen LogP contribution in [0.1, 0.15) is 30.9 Å². The Kier molecular flexibility index (Phi) is 11.4. The second-order valence-corrected chi connectivity index (χ2v) is 8.78. The largest absolute Gasteiger partial charge is 0.368 e. The molecule has 0 atom stereocenters. The summed E-state index contributed by atoms with van der Waals surface area (Å²) in [6.07, 6.45) is 2.41. The van der Waals surface area contributed by atoms with E-state index in [1.165, 1.54) is 62.4 Å². The Morgan fingerprint density at radius 2 is 1.68 bits per heavy atom. The van der Waals surface area contributed by atoms with Crippen LogP contribution in [-0.4, -0.2) is 99.7 Å². The average molecular weight is 543 g/mol. The molecule has 1 aromatic rings. The number of unbranched alkanes of at least 4 members (excludes halogenated alkanes) is 1. The van der Waals surface area contributed by atoms with E-state index in [0.717, 1.165) is 45.2 Å². The highest BCUT2D eigenvalue weighted by molar-refractivity contribution is 14.0. The van der Waals surface area contributed by atoms with Gasteiger partial charge in [-0.15, -0.1) is 24.0 Å². The van der Waals surface area contributed by atoms with Gasteiger partial charge in [-0.2, -0.15) is 0 Å². The van der Waals surface area contributed by atoms with Crippen LogP contribution in [-0.2, 0) is 0 Å². The molecule has 7 heteroatoms. The molecule has 0 spiro atoms. The number of guanidine groups is 1. The number of aliphatic imine (C=N–C) groups is 1. The number of halogens is 1. The van der Waals surface area contributed by atoms with Crippen LogP contribution in [0.4, 0.5) is 5.69 Å². The van der Waals surface area contributed by atoms with Gasteiger partial charge in [0.25, 0.3) is 0 Å². The van der Waals surface area contributed by atoms with Gasteiger partial charge in [0.2, 0.25) is 0 Å². The van der Waals surface area contributed by atoms with Crippen molar-refractivity contribution in [2.45, 2.75) is 33.6 Å². The summed E-state index contributed by atoms with van der Waals surface area (Å²) >= 11 is 0. The summed E-state index contributed by atoms with van der Waals surface area (Å²) in [5, 5.41) is 3.51. The molecule has 2 heterocycles. The number of anilines is 1. The number of aryl methyl sites for hydroxylation is 1. The maximum absolute atomic E-state index is 4.95. The third-order valence-corrected chi connectivity index (χ3v) is 6.57. The van der Waals surface area contributed by atoms with Crippen molar-refractivity contribution < 1.29 is 0 Å². The predicted molar refractivity (Wildman–Crippen MR) is 144 cm³/mol. The molecule has 0 aromatic heterocycles. The monoisotopic (exact) mass is 542 g/mol. The van der Waals surface area contributed by atoms with Gasteiger partial charge < -0.3 is 24.9 Å². The van der Waals surface area contributed by atoms with Gasteiger partial charge in [-0.05, 0) is 64.4 Å². The van der Waals surface area contributed by atoms with Crippen LogP contribution in [0, 0.1) is 13.8 Å². The Balaban J connectivity index is 0.00000341. The van der Waals surface area contributed by atoms with Crippen LogP contribution >= 0.6 is 24.0 Å². The van der Waals surface area contributed by atoms with Crippen molar-refractivity contribution in [1.82, 2.24) is 20.0 Å². The fourth-order valence-electron chi connectivity index (χ4n) is 4.37. The summed E-state index contributed by atoms with van der Waals surface area (Å²) in [5.74, 6) is 1.10. The smallest absolute Gasteiger partial charge is 0.194 e. The van der Waals surface area contributed by atoms with Gasteiger partial charge in [0.15, 0.2) is 5.96 Å². The topological polar surface area (TPSA) is 37.4 Å². The highest BCUT2D eigenvalue weighted by Crippen LogP contribution is 2.23. The van der Waals surface area contributed by atoms with E-state index in [4.69, 9.17) is 4.99 Å². The predicted octanol–water partition coefficient (Wildman–Crippen LogP) is 3.04. The molecule has 3 rings (SSSR count). The van der Waals surface area contributed by atoms with Crippen LogP contribution < -0.4 is 10.2 Å². The number of rotatable bonds is 7. The van der Waals surface area contributed by atoms with Crippen LogP contribution in [0.5, 0.6) is 0 Å². The van der Waals surface area contributed by atoms with E-state index in [1.807, 2.05) is 0 Å². The third-order valence-electron chi connectivity index (χ3n) is 6.57. The quantitative estimate of drug-likeness (QED) is 0.248. The molecule has 0 saturated carbocycles. The van der Waals surface area contributed by atoms with Crippen LogP contribution in [0.15, 0.2) is 23.2 Å². The SMILES string of the molecule is CCNC(=NCCCCN1CCN(C)CC1)N1CCN(c2cccc(C)c2C)CC1.I. The first-order valence-corrected chi connectivity index (χ1v) is 11.8. The summed E-state index contributed by atoms with van der Waals surface area (Å²) < 4.78 is 0. The van der Waals surface area contributed by atoms with Gasteiger partial charge in [0, 0.05) is 71.1 Å². The number of piperazine rings is 2. The Labute approximate surface area is 207 Å². The molecule has 0 radical (unpaired) electrons. The van der Waals surface area contributed by atoms with E-state index >= 15 is 0 Å². The Hall–Kier alpha value is -1.06. The second kappa shape index (κ2) is 13.5. The van der Waals surface area contributed by atoms with E-state index < -0.39 is 0 Å². The maximum atomic E-state index is 4.95. The summed E-state index contributed by atoms with van der Waals surface area (Å²) in [6, 6.07) is 6.64. The zero-order chi connectivity index (χ0) is 21.3. The normalized spacial score (nSPS) is 18.8. The molecule has 1 aromatic carbocycles. The van der Waals surface area contributed by atoms with Crippen molar-refractivity contribution in [3.05, 3.63) is 29.3 Å². The molecule has 2 fully saturated rings. The fourth-order valence-corrected chi connectivity index (χ4v) is 4.37. The highest BCUT2D eigenvalue weighted by Gasteiger charge is 2.21. The Morgan fingerprint density at radius 3 is 2.35 bits per heavy atom. The van der Waals surface area contributed by atoms with E-state index in [1.54, 1.807) is 0 Å². The first-order valence-electron chi connectivity index (χ1n) is 11.8. The van der Waals surface area contributed by atoms with Gasteiger partial charge in [-0.3, -0.25) is 4.99 Å². The molecule has 6 nitrogen and oxygen atoms in total. The fraction of sp³-hybridized carbons (Fsp3) is 0.708. The first kappa shape index (κ1) is 26.2. The summed E-state index contributed by atoms with van der Waals surface area (Å²) in [5.41, 5.74) is 4.17. The first-order chi connectivity index (χ1) is 14.6. The lowest BCUT2D eigenvalue weighted by Gasteiger charge is -2.38. The zero-order valence-corrected chi connectivity index (χ0v) is 22.4. The van der Waals surface area contributed by atoms with E-state index in [0.29, 0.717) is 0 Å². The van der Waals surface area contributed by atoms with E-state index in [-0.39, 0.29) is 24.0 Å². The average Bonchev–Trinajstić information content (AvgIpc) is 2.76. The summed E-state index contributed by atoms with van der Waals surface area (Å²) in [7, 11) is 2.22. The van der Waals surface area contributed by atoms with Gasteiger partial charge >= 0.3 is 0 Å². The summed E-state index contributed by atoms with van der Waals surface area (Å²) in [6.45, 7) is 18.7. The van der Waals surface area contributed by atoms with Crippen molar-refractivity contribution in [3.63, 3.8) is 0 Å². The molecule has 2 aliphatic heterocycles. The minimum atomic E-state index is 0. The zero-order valence-electron chi connectivity index (χ0n) is 20.1. The van der Waals surface area contributed by atoms with Gasteiger partial charge in [0.05, 0.1) is 0 Å². The number of benzene rings is 1.